The summed E-state index contributed by atoms with van der Waals surface area (Å²) in [6, 6.07) is 15.9. The van der Waals surface area contributed by atoms with Crippen molar-refractivity contribution < 1.29 is 4.79 Å². The van der Waals surface area contributed by atoms with Crippen molar-refractivity contribution in [3.05, 3.63) is 77.1 Å². The van der Waals surface area contributed by atoms with Crippen LogP contribution >= 0.6 is 0 Å². The van der Waals surface area contributed by atoms with Crippen LogP contribution in [0.1, 0.15) is 30.2 Å². The third-order valence-corrected chi connectivity index (χ3v) is 6.65. The number of fused-ring (bicyclic) bond motifs is 3. The van der Waals surface area contributed by atoms with E-state index in [1.54, 1.807) is 12.3 Å². The number of hydrogen-bond acceptors (Lipinski definition) is 5. The third-order valence-electron chi connectivity index (χ3n) is 6.65. The van der Waals surface area contributed by atoms with Gasteiger partial charge in [-0.05, 0) is 42.5 Å². The predicted molar refractivity (Wildman–Crippen MR) is 113 cm³/mol. The summed E-state index contributed by atoms with van der Waals surface area (Å²) in [6.45, 7) is 1.94. The monoisotopic (exact) mass is 395 g/mol. The van der Waals surface area contributed by atoms with Gasteiger partial charge in [-0.1, -0.05) is 37.3 Å². The number of nitrogen functional groups attached to an aromatic ring is 1. The molecule has 2 aliphatic rings. The number of carbonyl (C=O) groups excluding carboxylic acids is 1. The Bertz CT molecular complexity index is 1200. The molecule has 0 spiro atoms. The first-order valence-electron chi connectivity index (χ1n) is 10.1. The molecule has 0 saturated heterocycles. The molecule has 0 radical (unpaired) electrons. The minimum absolute atomic E-state index is 0.0395. The Hall–Kier alpha value is -3.72. The summed E-state index contributed by atoms with van der Waals surface area (Å²) in [5, 5.41) is 17.7. The van der Waals surface area contributed by atoms with E-state index in [2.05, 4.69) is 28.3 Å². The van der Waals surface area contributed by atoms with Gasteiger partial charge in [0.25, 0.3) is 0 Å². The first kappa shape index (κ1) is 18.3. The number of nitrogens with two attached hydrogens (primary N) is 1. The Kier molecular flexibility index (Phi) is 4.07. The summed E-state index contributed by atoms with van der Waals surface area (Å²) in [4.78, 5) is 17.0. The van der Waals surface area contributed by atoms with Gasteiger partial charge in [-0.2, -0.15) is 10.4 Å². The fourth-order valence-electron chi connectivity index (χ4n) is 5.23. The van der Waals surface area contributed by atoms with E-state index in [9.17, 15) is 10.1 Å². The summed E-state index contributed by atoms with van der Waals surface area (Å²) < 4.78 is 0. The van der Waals surface area contributed by atoms with Gasteiger partial charge in [0.2, 0.25) is 0 Å². The molecule has 3 aromatic rings. The quantitative estimate of drug-likeness (QED) is 0.689. The molecule has 2 aromatic heterocycles. The molecule has 30 heavy (non-hydrogen) atoms. The van der Waals surface area contributed by atoms with Crippen molar-refractivity contribution in [2.24, 2.45) is 11.8 Å². The number of anilines is 1. The second-order valence-corrected chi connectivity index (χ2v) is 8.10. The van der Waals surface area contributed by atoms with Gasteiger partial charge in [-0.15, -0.1) is 0 Å². The number of pyridine rings is 1. The number of rotatable bonds is 2. The third kappa shape index (κ3) is 2.45. The van der Waals surface area contributed by atoms with E-state index >= 15 is 0 Å². The van der Waals surface area contributed by atoms with Gasteiger partial charge >= 0.3 is 0 Å². The van der Waals surface area contributed by atoms with Gasteiger partial charge < -0.3 is 5.73 Å². The molecule has 0 fully saturated rings. The molecule has 0 aliphatic heterocycles. The fraction of sp³-hybridized carbons (Fsp3) is 0.250. The van der Waals surface area contributed by atoms with E-state index in [-0.39, 0.29) is 23.2 Å². The highest BCUT2D eigenvalue weighted by Gasteiger charge is 2.53. The number of aromatic amines is 1. The molecule has 5 rings (SSSR count). The van der Waals surface area contributed by atoms with Gasteiger partial charge in [0.15, 0.2) is 5.78 Å². The van der Waals surface area contributed by atoms with Crippen LogP contribution in [0, 0.1) is 23.2 Å². The zero-order chi connectivity index (χ0) is 20.9. The molecule has 3 atom stereocenters. The van der Waals surface area contributed by atoms with Crippen LogP contribution in [0.2, 0.25) is 0 Å². The number of Topliss-reactive ketones (excluding diaryl/α,β-unsaturated/α-hetero) is 1. The second-order valence-electron chi connectivity index (χ2n) is 8.10. The number of carbonyl (C=O) groups is 1. The van der Waals surface area contributed by atoms with Crippen LogP contribution < -0.4 is 5.73 Å². The number of nitrogens with zero attached hydrogens (tertiary/aromatic N) is 3. The summed E-state index contributed by atoms with van der Waals surface area (Å²) in [5.74, 6) is 0.180. The maximum atomic E-state index is 12.8. The molecular formula is C24H21N5O. The van der Waals surface area contributed by atoms with Gasteiger partial charge in [0.1, 0.15) is 11.9 Å². The summed E-state index contributed by atoms with van der Waals surface area (Å²) in [7, 11) is 0. The Labute approximate surface area is 174 Å². The molecule has 6 heteroatoms. The average Bonchev–Trinajstić information content (AvgIpc) is 3.22. The Morgan fingerprint density at radius 3 is 2.73 bits per heavy atom. The maximum Gasteiger partial charge on any atom is 0.176 e. The fourth-order valence-corrected chi connectivity index (χ4v) is 5.23. The molecule has 3 N–H and O–H groups in total. The highest BCUT2D eigenvalue weighted by Crippen LogP contribution is 2.54. The number of hydrogen-bond donors (Lipinski definition) is 2. The molecule has 148 valence electrons. The number of aromatic nitrogens is 3. The molecule has 0 saturated carbocycles. The van der Waals surface area contributed by atoms with Crippen LogP contribution in [0.5, 0.6) is 0 Å². The van der Waals surface area contributed by atoms with Crippen LogP contribution in [0.3, 0.4) is 0 Å². The standard InChI is InChI=1S/C24H21N5O/c1-14-19-9-8-18-21(15-7-10-20(26)27-13-15)28-29-23(18)24(19,11-16(12-25)22(14)30)17-5-3-2-4-6-17/h2-7,10-11,13-14,19H,8-9H2,1H3,(H2,26,27)(H,28,29)/t14-,19?,24+/m0/s1. The van der Waals surface area contributed by atoms with E-state index in [1.807, 2.05) is 37.3 Å². The van der Waals surface area contributed by atoms with Crippen molar-refractivity contribution in [2.75, 3.05) is 5.73 Å². The average molecular weight is 395 g/mol. The minimum Gasteiger partial charge on any atom is -0.384 e. The zero-order valence-electron chi connectivity index (χ0n) is 16.6. The van der Waals surface area contributed by atoms with E-state index in [4.69, 9.17) is 10.8 Å². The number of H-pyrrole nitrogens is 1. The smallest absolute Gasteiger partial charge is 0.176 e. The van der Waals surface area contributed by atoms with Gasteiger partial charge in [-0.3, -0.25) is 9.89 Å². The van der Waals surface area contributed by atoms with Crippen molar-refractivity contribution >= 4 is 11.6 Å². The molecule has 2 aliphatic carbocycles. The largest absolute Gasteiger partial charge is 0.384 e. The summed E-state index contributed by atoms with van der Waals surface area (Å²) >= 11 is 0. The van der Waals surface area contributed by atoms with Crippen LogP contribution in [-0.4, -0.2) is 21.0 Å². The Morgan fingerprint density at radius 1 is 1.23 bits per heavy atom. The summed E-state index contributed by atoms with van der Waals surface area (Å²) in [5.41, 5.74) is 10.2. The predicted octanol–water partition coefficient (Wildman–Crippen LogP) is 3.57. The van der Waals surface area contributed by atoms with Crippen LogP contribution in [0.25, 0.3) is 11.3 Å². The lowest BCUT2D eigenvalue weighted by Crippen LogP contribution is -2.48. The molecule has 1 unspecified atom stereocenters. The molecule has 0 bridgehead atoms. The molecule has 0 amide bonds. The number of ketones is 1. The summed E-state index contributed by atoms with van der Waals surface area (Å²) in [6.07, 6.45) is 5.24. The Balaban J connectivity index is 1.79. The molecular weight excluding hydrogens is 374 g/mol. The first-order chi connectivity index (χ1) is 14.6. The highest BCUT2D eigenvalue weighted by atomic mass is 16.1. The topological polar surface area (TPSA) is 108 Å². The number of allylic oxidation sites excluding steroid dienone is 2. The van der Waals surface area contributed by atoms with Crippen LogP contribution in [-0.2, 0) is 16.6 Å². The van der Waals surface area contributed by atoms with Crippen molar-refractivity contribution in [3.63, 3.8) is 0 Å². The lowest BCUT2D eigenvalue weighted by Gasteiger charge is -2.47. The van der Waals surface area contributed by atoms with Gasteiger partial charge in [-0.25, -0.2) is 4.98 Å². The lowest BCUT2D eigenvalue weighted by molar-refractivity contribution is -0.121. The molecule has 6 nitrogen and oxygen atoms in total. The van der Waals surface area contributed by atoms with E-state index < -0.39 is 5.41 Å². The minimum atomic E-state index is -0.622. The van der Waals surface area contributed by atoms with Crippen LogP contribution in [0.15, 0.2) is 60.3 Å². The van der Waals surface area contributed by atoms with Gasteiger partial charge in [0.05, 0.1) is 22.4 Å². The van der Waals surface area contributed by atoms with Gasteiger partial charge in [0, 0.05) is 23.2 Å². The maximum absolute atomic E-state index is 12.8. The lowest BCUT2D eigenvalue weighted by atomic mass is 9.54. The molecule has 2 heterocycles. The van der Waals surface area contributed by atoms with E-state index in [1.165, 1.54) is 0 Å². The number of nitrogens with one attached hydrogen (secondary N) is 1. The highest BCUT2D eigenvalue weighted by molar-refractivity contribution is 6.02. The van der Waals surface area contributed by atoms with Crippen molar-refractivity contribution in [3.8, 4) is 17.3 Å². The SMILES string of the molecule is C[C@@H]1C(=O)C(C#N)=C[C@]2(c3ccccc3)c3n[nH]c(-c4ccc(N)nc4)c3CCC12. The number of nitriles is 1. The van der Waals surface area contributed by atoms with Crippen molar-refractivity contribution in [1.82, 2.24) is 15.2 Å². The van der Waals surface area contributed by atoms with Crippen molar-refractivity contribution in [2.45, 2.75) is 25.2 Å². The van der Waals surface area contributed by atoms with Crippen molar-refractivity contribution in [1.29, 1.82) is 5.26 Å². The first-order valence-corrected chi connectivity index (χ1v) is 10.1. The Morgan fingerprint density at radius 2 is 2.03 bits per heavy atom. The van der Waals surface area contributed by atoms with E-state index in [0.717, 1.165) is 40.9 Å². The zero-order valence-corrected chi connectivity index (χ0v) is 16.6. The second kappa shape index (κ2) is 6.67. The van der Waals surface area contributed by atoms with E-state index in [0.29, 0.717) is 5.82 Å². The molecule has 1 aromatic carbocycles. The normalized spacial score (nSPS) is 25.1. The van der Waals surface area contributed by atoms with Crippen LogP contribution in [0.4, 0.5) is 5.82 Å². The number of benzene rings is 1.